The molecular weight excluding hydrogens is 200 g/mol. The van der Waals surface area contributed by atoms with Gasteiger partial charge >= 0.3 is 0 Å². The van der Waals surface area contributed by atoms with Gasteiger partial charge in [-0.2, -0.15) is 0 Å². The maximum Gasteiger partial charge on any atom is 0.217 e. The first-order chi connectivity index (χ1) is 6.64. The Bertz CT molecular complexity index is 338. The van der Waals surface area contributed by atoms with E-state index in [9.17, 15) is 8.42 Å². The fourth-order valence-electron chi connectivity index (χ4n) is 2.74. The maximum atomic E-state index is 11.9. The third kappa shape index (κ3) is 1.15. The zero-order valence-electron chi connectivity index (χ0n) is 8.09. The van der Waals surface area contributed by atoms with Gasteiger partial charge in [-0.1, -0.05) is 0 Å². The summed E-state index contributed by atoms with van der Waals surface area (Å²) < 4.78 is 25.4. The van der Waals surface area contributed by atoms with Gasteiger partial charge in [-0.25, -0.2) is 12.7 Å². The summed E-state index contributed by atoms with van der Waals surface area (Å²) >= 11 is 0. The van der Waals surface area contributed by atoms with E-state index in [1.165, 1.54) is 0 Å². The smallest absolute Gasteiger partial charge is 0.217 e. The average Bonchev–Trinajstić information content (AvgIpc) is 3.04. The molecule has 4 nitrogen and oxygen atoms in total. The summed E-state index contributed by atoms with van der Waals surface area (Å²) in [7, 11) is -2.91. The molecule has 3 rings (SSSR count). The van der Waals surface area contributed by atoms with Crippen LogP contribution in [0.2, 0.25) is 0 Å². The molecule has 2 saturated carbocycles. The number of rotatable bonds is 3. The number of nitrogens with two attached hydrogens (primary N) is 1. The van der Waals surface area contributed by atoms with Crippen molar-refractivity contribution in [3.05, 3.63) is 0 Å². The van der Waals surface area contributed by atoms with Crippen LogP contribution in [0.25, 0.3) is 0 Å². The van der Waals surface area contributed by atoms with Crippen molar-refractivity contribution < 1.29 is 8.42 Å². The van der Waals surface area contributed by atoms with Crippen LogP contribution < -0.4 is 5.73 Å². The van der Waals surface area contributed by atoms with Gasteiger partial charge in [0.1, 0.15) is 0 Å². The number of sulfonamides is 1. The van der Waals surface area contributed by atoms with Crippen molar-refractivity contribution in [2.45, 2.75) is 18.1 Å². The van der Waals surface area contributed by atoms with E-state index in [2.05, 4.69) is 0 Å². The number of hydrogen-bond donors (Lipinski definition) is 1. The molecule has 3 fully saturated rings. The molecule has 1 aliphatic heterocycles. The molecule has 0 bridgehead atoms. The molecule has 5 heteroatoms. The molecule has 2 N–H and O–H groups in total. The van der Waals surface area contributed by atoms with Gasteiger partial charge < -0.3 is 5.73 Å². The number of nitrogens with zero attached hydrogens (tertiary/aromatic N) is 1. The topological polar surface area (TPSA) is 63.4 Å². The first-order valence-corrected chi connectivity index (χ1v) is 6.84. The molecule has 0 aromatic carbocycles. The number of hydrogen-bond acceptors (Lipinski definition) is 3. The Balaban J connectivity index is 1.68. The van der Waals surface area contributed by atoms with Gasteiger partial charge in [-0.3, -0.25) is 0 Å². The fraction of sp³-hybridized carbons (Fsp3) is 1.00. The minimum absolute atomic E-state index is 0.0451. The predicted octanol–water partition coefficient (Wildman–Crippen LogP) is -0.385. The van der Waals surface area contributed by atoms with Crippen molar-refractivity contribution in [1.82, 2.24) is 4.31 Å². The van der Waals surface area contributed by atoms with Gasteiger partial charge in [0.05, 0.1) is 5.25 Å². The highest BCUT2D eigenvalue weighted by Crippen LogP contribution is 2.52. The summed E-state index contributed by atoms with van der Waals surface area (Å²) in [6.07, 6.45) is 1.74. The summed E-state index contributed by atoms with van der Waals surface area (Å²) in [5.41, 5.74) is 5.58. The zero-order valence-corrected chi connectivity index (χ0v) is 8.91. The molecule has 3 aliphatic rings. The summed E-state index contributed by atoms with van der Waals surface area (Å²) in [5, 5.41) is -0.0451. The minimum atomic E-state index is -2.91. The Kier molecular flexibility index (Phi) is 1.77. The van der Waals surface area contributed by atoms with Crippen molar-refractivity contribution >= 4 is 10.0 Å². The third-order valence-electron chi connectivity index (χ3n) is 3.92. The molecule has 0 aromatic rings. The maximum absolute atomic E-state index is 11.9. The van der Waals surface area contributed by atoms with Gasteiger partial charge in [0.2, 0.25) is 10.0 Å². The second-order valence-corrected chi connectivity index (χ2v) is 7.00. The molecule has 1 heterocycles. The fourth-order valence-corrected chi connectivity index (χ4v) is 4.66. The first-order valence-electron chi connectivity index (χ1n) is 5.33. The molecule has 0 spiro atoms. The summed E-state index contributed by atoms with van der Waals surface area (Å²) in [4.78, 5) is 0. The van der Waals surface area contributed by atoms with Crippen molar-refractivity contribution in [3.63, 3.8) is 0 Å². The lowest BCUT2D eigenvalue weighted by Gasteiger charge is -2.18. The van der Waals surface area contributed by atoms with E-state index in [-0.39, 0.29) is 5.25 Å². The molecule has 0 radical (unpaired) electrons. The quantitative estimate of drug-likeness (QED) is 0.699. The molecule has 0 amide bonds. The van der Waals surface area contributed by atoms with E-state index >= 15 is 0 Å². The van der Waals surface area contributed by atoms with E-state index in [4.69, 9.17) is 5.73 Å². The van der Waals surface area contributed by atoms with Crippen molar-refractivity contribution in [2.75, 3.05) is 19.6 Å². The Morgan fingerprint density at radius 1 is 1.21 bits per heavy atom. The molecule has 0 aromatic heterocycles. The Labute approximate surface area is 84.5 Å². The Hall–Kier alpha value is -0.130. The molecule has 80 valence electrons. The molecule has 2 unspecified atom stereocenters. The predicted molar refractivity (Wildman–Crippen MR) is 53.0 cm³/mol. The largest absolute Gasteiger partial charge is 0.330 e. The Morgan fingerprint density at radius 2 is 1.79 bits per heavy atom. The zero-order chi connectivity index (χ0) is 9.92. The van der Waals surface area contributed by atoms with Crippen LogP contribution in [0, 0.1) is 17.8 Å². The summed E-state index contributed by atoms with van der Waals surface area (Å²) in [6, 6.07) is 0. The standard InChI is InChI=1S/C9H16N2O2S/c10-3-7-8-4-11(5-9(7)8)14(12,13)6-1-2-6/h6-9H,1-5,10H2. The lowest BCUT2D eigenvalue weighted by molar-refractivity contribution is 0.413. The van der Waals surface area contributed by atoms with E-state index in [1.54, 1.807) is 4.31 Å². The van der Waals surface area contributed by atoms with Crippen LogP contribution in [-0.4, -0.2) is 37.6 Å². The van der Waals surface area contributed by atoms with Crippen molar-refractivity contribution in [3.8, 4) is 0 Å². The first kappa shape index (κ1) is 9.12. The lowest BCUT2D eigenvalue weighted by Crippen LogP contribution is -2.34. The van der Waals surface area contributed by atoms with Crippen LogP contribution in [0.3, 0.4) is 0 Å². The number of piperidine rings is 1. The molecule has 1 saturated heterocycles. The monoisotopic (exact) mass is 216 g/mol. The highest BCUT2D eigenvalue weighted by atomic mass is 32.2. The molecular formula is C9H16N2O2S. The van der Waals surface area contributed by atoms with Crippen LogP contribution in [0.15, 0.2) is 0 Å². The van der Waals surface area contributed by atoms with Gasteiger partial charge in [0.15, 0.2) is 0 Å². The second kappa shape index (κ2) is 2.71. The van der Waals surface area contributed by atoms with Crippen LogP contribution in [0.1, 0.15) is 12.8 Å². The average molecular weight is 216 g/mol. The highest BCUT2D eigenvalue weighted by molar-refractivity contribution is 7.90. The lowest BCUT2D eigenvalue weighted by atomic mass is 10.3. The van der Waals surface area contributed by atoms with E-state index < -0.39 is 10.0 Å². The van der Waals surface area contributed by atoms with Crippen molar-refractivity contribution in [2.24, 2.45) is 23.5 Å². The number of fused-ring (bicyclic) bond motifs is 1. The van der Waals surface area contributed by atoms with Crippen LogP contribution in [-0.2, 0) is 10.0 Å². The third-order valence-corrected chi connectivity index (χ3v) is 6.25. The van der Waals surface area contributed by atoms with E-state index in [1.807, 2.05) is 0 Å². The van der Waals surface area contributed by atoms with E-state index in [0.29, 0.717) is 17.8 Å². The Morgan fingerprint density at radius 3 is 2.21 bits per heavy atom. The van der Waals surface area contributed by atoms with Crippen LogP contribution in [0.4, 0.5) is 0 Å². The van der Waals surface area contributed by atoms with E-state index in [0.717, 1.165) is 32.5 Å². The van der Waals surface area contributed by atoms with Crippen LogP contribution >= 0.6 is 0 Å². The normalized spacial score (nSPS) is 42.5. The van der Waals surface area contributed by atoms with Gasteiger partial charge in [-0.15, -0.1) is 0 Å². The SMILES string of the molecule is NCC1C2CN(S(=O)(=O)C3CC3)CC12. The summed E-state index contributed by atoms with van der Waals surface area (Å²) in [5.74, 6) is 1.77. The van der Waals surface area contributed by atoms with Crippen molar-refractivity contribution in [1.29, 1.82) is 0 Å². The highest BCUT2D eigenvalue weighted by Gasteiger charge is 2.58. The van der Waals surface area contributed by atoms with Gasteiger partial charge in [-0.05, 0) is 37.1 Å². The summed E-state index contributed by atoms with van der Waals surface area (Å²) in [6.45, 7) is 2.21. The minimum Gasteiger partial charge on any atom is -0.330 e. The van der Waals surface area contributed by atoms with Crippen LogP contribution in [0.5, 0.6) is 0 Å². The van der Waals surface area contributed by atoms with Gasteiger partial charge in [0.25, 0.3) is 0 Å². The molecule has 2 aliphatic carbocycles. The van der Waals surface area contributed by atoms with Gasteiger partial charge in [0, 0.05) is 13.1 Å². The molecule has 2 atom stereocenters. The second-order valence-electron chi connectivity index (χ2n) is 4.79. The molecule has 14 heavy (non-hydrogen) atoms.